The van der Waals surface area contributed by atoms with Crippen LogP contribution in [-0.4, -0.2) is 19.3 Å². The Balaban J connectivity index is 2.54. The van der Waals surface area contributed by atoms with Crippen LogP contribution in [0.4, 0.5) is 5.69 Å². The second kappa shape index (κ2) is 5.29. The van der Waals surface area contributed by atoms with Gasteiger partial charge in [-0.05, 0) is 24.4 Å². The SMILES string of the molecule is CNC(=S)NNc1cccc(OC)c1. The van der Waals surface area contributed by atoms with E-state index in [1.165, 1.54) is 0 Å². The zero-order chi connectivity index (χ0) is 10.4. The lowest BCUT2D eigenvalue weighted by molar-refractivity contribution is 0.415. The molecule has 0 spiro atoms. The standard InChI is InChI=1S/C9H13N3OS/c1-10-9(14)12-11-7-4-3-5-8(6-7)13-2/h3-6,11H,1-2H3,(H2,10,12,14). The molecule has 1 rings (SSSR count). The second-order valence-electron chi connectivity index (χ2n) is 2.56. The van der Waals surface area contributed by atoms with Gasteiger partial charge in [0.1, 0.15) is 5.75 Å². The molecule has 0 bridgehead atoms. The van der Waals surface area contributed by atoms with E-state index < -0.39 is 0 Å². The number of methoxy groups -OCH3 is 1. The summed E-state index contributed by atoms with van der Waals surface area (Å²) >= 11 is 4.90. The molecule has 0 radical (unpaired) electrons. The molecule has 4 nitrogen and oxygen atoms in total. The van der Waals surface area contributed by atoms with Crippen molar-refractivity contribution in [3.63, 3.8) is 0 Å². The van der Waals surface area contributed by atoms with Crippen LogP contribution in [0.1, 0.15) is 0 Å². The monoisotopic (exact) mass is 211 g/mol. The molecule has 0 amide bonds. The van der Waals surface area contributed by atoms with E-state index in [1.807, 2.05) is 24.3 Å². The highest BCUT2D eigenvalue weighted by molar-refractivity contribution is 7.80. The predicted octanol–water partition coefficient (Wildman–Crippen LogP) is 1.12. The maximum atomic E-state index is 5.07. The van der Waals surface area contributed by atoms with Gasteiger partial charge in [0.2, 0.25) is 0 Å². The van der Waals surface area contributed by atoms with Crippen molar-refractivity contribution in [2.75, 3.05) is 19.6 Å². The topological polar surface area (TPSA) is 45.3 Å². The lowest BCUT2D eigenvalue weighted by Gasteiger charge is -2.10. The Morgan fingerprint density at radius 2 is 2.21 bits per heavy atom. The summed E-state index contributed by atoms with van der Waals surface area (Å²) in [6.45, 7) is 0. The van der Waals surface area contributed by atoms with Crippen LogP contribution in [0.25, 0.3) is 0 Å². The Hall–Kier alpha value is -1.49. The van der Waals surface area contributed by atoms with Gasteiger partial charge in [-0.25, -0.2) is 0 Å². The van der Waals surface area contributed by atoms with Crippen molar-refractivity contribution < 1.29 is 4.74 Å². The summed E-state index contributed by atoms with van der Waals surface area (Å²) < 4.78 is 5.07. The van der Waals surface area contributed by atoms with E-state index in [9.17, 15) is 0 Å². The largest absolute Gasteiger partial charge is 0.497 e. The lowest BCUT2D eigenvalue weighted by atomic mass is 10.3. The van der Waals surface area contributed by atoms with Crippen LogP contribution in [0.5, 0.6) is 5.75 Å². The average Bonchev–Trinajstić information content (AvgIpc) is 2.26. The predicted molar refractivity (Wildman–Crippen MR) is 61.4 cm³/mol. The lowest BCUT2D eigenvalue weighted by Crippen LogP contribution is -2.36. The minimum Gasteiger partial charge on any atom is -0.497 e. The fourth-order valence-corrected chi connectivity index (χ4v) is 0.943. The Kier molecular flexibility index (Phi) is 4.00. The van der Waals surface area contributed by atoms with E-state index in [-0.39, 0.29) is 0 Å². The first kappa shape index (κ1) is 10.6. The van der Waals surface area contributed by atoms with Gasteiger partial charge in [0.25, 0.3) is 0 Å². The molecule has 0 aliphatic rings. The Morgan fingerprint density at radius 3 is 2.86 bits per heavy atom. The zero-order valence-electron chi connectivity index (χ0n) is 8.13. The van der Waals surface area contributed by atoms with Crippen LogP contribution in [0.2, 0.25) is 0 Å². The number of ether oxygens (including phenoxy) is 1. The molecule has 0 aliphatic heterocycles. The van der Waals surface area contributed by atoms with E-state index >= 15 is 0 Å². The highest BCUT2D eigenvalue weighted by Gasteiger charge is 1.94. The highest BCUT2D eigenvalue weighted by Crippen LogP contribution is 2.15. The number of hydrazine groups is 1. The summed E-state index contributed by atoms with van der Waals surface area (Å²) in [7, 11) is 3.38. The fraction of sp³-hybridized carbons (Fsp3) is 0.222. The van der Waals surface area contributed by atoms with Crippen molar-refractivity contribution >= 4 is 23.0 Å². The third kappa shape index (κ3) is 3.10. The number of nitrogens with one attached hydrogen (secondary N) is 3. The minimum absolute atomic E-state index is 0.535. The fourth-order valence-electron chi connectivity index (χ4n) is 0.892. The molecule has 0 aromatic heterocycles. The van der Waals surface area contributed by atoms with Crippen LogP contribution in [0.3, 0.4) is 0 Å². The number of rotatable bonds is 3. The molecule has 76 valence electrons. The van der Waals surface area contributed by atoms with Gasteiger partial charge in [-0.1, -0.05) is 6.07 Å². The molecule has 3 N–H and O–H groups in total. The second-order valence-corrected chi connectivity index (χ2v) is 2.97. The molecule has 0 fully saturated rings. The highest BCUT2D eigenvalue weighted by atomic mass is 32.1. The van der Waals surface area contributed by atoms with E-state index in [4.69, 9.17) is 17.0 Å². The molecule has 0 saturated heterocycles. The summed E-state index contributed by atoms with van der Waals surface area (Å²) in [5, 5.41) is 3.33. The zero-order valence-corrected chi connectivity index (χ0v) is 8.94. The molecule has 0 saturated carbocycles. The van der Waals surface area contributed by atoms with Crippen molar-refractivity contribution in [2.24, 2.45) is 0 Å². The molecule has 0 aliphatic carbocycles. The van der Waals surface area contributed by atoms with Crippen molar-refractivity contribution in [1.82, 2.24) is 10.7 Å². The summed E-state index contributed by atoms with van der Waals surface area (Å²) in [5.41, 5.74) is 6.64. The van der Waals surface area contributed by atoms with Gasteiger partial charge in [0.05, 0.1) is 12.8 Å². The number of hydrogen-bond acceptors (Lipinski definition) is 3. The van der Waals surface area contributed by atoms with Gasteiger partial charge < -0.3 is 10.1 Å². The number of thiocarbonyl (C=S) groups is 1. The van der Waals surface area contributed by atoms with Crippen molar-refractivity contribution in [2.45, 2.75) is 0 Å². The van der Waals surface area contributed by atoms with Crippen molar-refractivity contribution in [3.05, 3.63) is 24.3 Å². The molecule has 0 atom stereocenters. The molecule has 0 unspecified atom stereocenters. The van der Waals surface area contributed by atoms with Crippen LogP contribution in [0.15, 0.2) is 24.3 Å². The molecular weight excluding hydrogens is 198 g/mol. The van der Waals surface area contributed by atoms with E-state index in [0.717, 1.165) is 11.4 Å². The summed E-state index contributed by atoms with van der Waals surface area (Å²) in [4.78, 5) is 0. The Morgan fingerprint density at radius 1 is 1.43 bits per heavy atom. The quantitative estimate of drug-likeness (QED) is 0.516. The normalized spacial score (nSPS) is 9.00. The first-order valence-electron chi connectivity index (χ1n) is 4.14. The molecular formula is C9H13N3OS. The number of benzene rings is 1. The third-order valence-electron chi connectivity index (χ3n) is 1.62. The summed E-state index contributed by atoms with van der Waals surface area (Å²) in [6.07, 6.45) is 0. The van der Waals surface area contributed by atoms with E-state index in [1.54, 1.807) is 14.2 Å². The average molecular weight is 211 g/mol. The molecule has 5 heteroatoms. The maximum Gasteiger partial charge on any atom is 0.184 e. The van der Waals surface area contributed by atoms with Crippen LogP contribution < -0.4 is 20.9 Å². The van der Waals surface area contributed by atoms with Gasteiger partial charge in [0.15, 0.2) is 5.11 Å². The van der Waals surface area contributed by atoms with Gasteiger partial charge in [-0.3, -0.25) is 10.9 Å². The van der Waals surface area contributed by atoms with Crippen LogP contribution in [0, 0.1) is 0 Å². The molecule has 1 aromatic rings. The Bertz CT molecular complexity index is 317. The molecule has 1 aromatic carbocycles. The van der Waals surface area contributed by atoms with Gasteiger partial charge in [-0.2, -0.15) is 0 Å². The molecule has 0 heterocycles. The van der Waals surface area contributed by atoms with Gasteiger partial charge in [0, 0.05) is 13.1 Å². The summed E-state index contributed by atoms with van der Waals surface area (Å²) in [6, 6.07) is 7.55. The van der Waals surface area contributed by atoms with Crippen LogP contribution in [-0.2, 0) is 0 Å². The smallest absolute Gasteiger partial charge is 0.184 e. The van der Waals surface area contributed by atoms with Crippen molar-refractivity contribution in [3.8, 4) is 5.75 Å². The first-order valence-corrected chi connectivity index (χ1v) is 4.55. The third-order valence-corrected chi connectivity index (χ3v) is 1.92. The van der Waals surface area contributed by atoms with Gasteiger partial charge >= 0.3 is 0 Å². The summed E-state index contributed by atoms with van der Waals surface area (Å²) in [5.74, 6) is 0.798. The molecule has 14 heavy (non-hydrogen) atoms. The maximum absolute atomic E-state index is 5.07. The van der Waals surface area contributed by atoms with E-state index in [2.05, 4.69) is 16.2 Å². The van der Waals surface area contributed by atoms with Gasteiger partial charge in [-0.15, -0.1) is 0 Å². The van der Waals surface area contributed by atoms with E-state index in [0.29, 0.717) is 5.11 Å². The first-order chi connectivity index (χ1) is 6.76. The number of anilines is 1. The van der Waals surface area contributed by atoms with Crippen LogP contribution >= 0.6 is 12.2 Å². The Labute approximate surface area is 88.6 Å². The number of hydrogen-bond donors (Lipinski definition) is 3. The minimum atomic E-state index is 0.535. The van der Waals surface area contributed by atoms with Crippen molar-refractivity contribution in [1.29, 1.82) is 0 Å².